The molecule has 4 aliphatic rings. The van der Waals surface area contributed by atoms with Crippen LogP contribution in [0.15, 0.2) is 16.6 Å². The van der Waals surface area contributed by atoms with E-state index in [0.717, 1.165) is 25.8 Å². The van der Waals surface area contributed by atoms with Crippen molar-refractivity contribution < 1.29 is 14.7 Å². The molecule has 4 unspecified atom stereocenters. The molecule has 2 aliphatic heterocycles. The summed E-state index contributed by atoms with van der Waals surface area (Å²) < 4.78 is 0. The van der Waals surface area contributed by atoms with E-state index in [4.69, 9.17) is 0 Å². The largest absolute Gasteiger partial charge is 0.380 e. The van der Waals surface area contributed by atoms with Gasteiger partial charge in [0.1, 0.15) is 5.84 Å². The molecular formula is C19H28N4O3. The second-order valence-electron chi connectivity index (χ2n) is 8.01. The van der Waals surface area contributed by atoms with Gasteiger partial charge in [0.15, 0.2) is 12.1 Å². The number of aliphatic imine (C=N–C) groups is 1. The van der Waals surface area contributed by atoms with E-state index >= 15 is 0 Å². The molecule has 0 radical (unpaired) electrons. The topological polar surface area (TPSA) is 103 Å². The zero-order chi connectivity index (χ0) is 18.1. The Bertz CT molecular complexity index is 641. The lowest BCUT2D eigenvalue weighted by atomic mass is 9.81. The van der Waals surface area contributed by atoms with Crippen LogP contribution in [0.25, 0.3) is 0 Å². The van der Waals surface area contributed by atoms with Crippen LogP contribution in [0.3, 0.4) is 0 Å². The normalized spacial score (nSPS) is 34.7. The Labute approximate surface area is 153 Å². The summed E-state index contributed by atoms with van der Waals surface area (Å²) in [7, 11) is 0. The van der Waals surface area contributed by atoms with Gasteiger partial charge in [-0.2, -0.15) is 0 Å². The van der Waals surface area contributed by atoms with Crippen LogP contribution >= 0.6 is 0 Å². The van der Waals surface area contributed by atoms with E-state index in [2.05, 4.69) is 27.0 Å². The average molecular weight is 360 g/mol. The van der Waals surface area contributed by atoms with Gasteiger partial charge in [-0.05, 0) is 43.9 Å². The molecule has 0 aromatic rings. The molecule has 26 heavy (non-hydrogen) atoms. The number of aliphatic hydroxyl groups is 1. The summed E-state index contributed by atoms with van der Waals surface area (Å²) in [5, 5.41) is 19.1. The van der Waals surface area contributed by atoms with Crippen LogP contribution in [0, 0.1) is 11.8 Å². The molecule has 7 heteroatoms. The lowest BCUT2D eigenvalue weighted by Crippen LogP contribution is -2.59. The van der Waals surface area contributed by atoms with Gasteiger partial charge in [0.25, 0.3) is 5.91 Å². The van der Waals surface area contributed by atoms with Crippen molar-refractivity contribution in [3.05, 3.63) is 11.6 Å². The summed E-state index contributed by atoms with van der Waals surface area (Å²) in [6, 6.07) is -1.26. The fourth-order valence-electron chi connectivity index (χ4n) is 4.28. The van der Waals surface area contributed by atoms with Crippen molar-refractivity contribution in [3.8, 4) is 0 Å². The number of amides is 2. The van der Waals surface area contributed by atoms with Crippen molar-refractivity contribution >= 4 is 17.6 Å². The van der Waals surface area contributed by atoms with Crippen molar-refractivity contribution in [2.24, 2.45) is 16.8 Å². The van der Waals surface area contributed by atoms with Gasteiger partial charge in [-0.1, -0.05) is 24.5 Å². The third kappa shape index (κ3) is 3.55. The number of amidine groups is 1. The summed E-state index contributed by atoms with van der Waals surface area (Å²) in [5.41, 5.74) is 1.43. The lowest BCUT2D eigenvalue weighted by Gasteiger charge is -2.35. The minimum Gasteiger partial charge on any atom is -0.380 e. The Kier molecular flexibility index (Phi) is 5.09. The van der Waals surface area contributed by atoms with Crippen LogP contribution in [0.2, 0.25) is 0 Å². The number of hydrogen-bond acceptors (Lipinski definition) is 5. The molecule has 2 amide bonds. The van der Waals surface area contributed by atoms with Crippen molar-refractivity contribution in [1.82, 2.24) is 16.0 Å². The molecule has 2 aliphatic carbocycles. The van der Waals surface area contributed by atoms with E-state index < -0.39 is 18.1 Å². The number of carbonyl (C=O) groups is 2. The van der Waals surface area contributed by atoms with Crippen LogP contribution < -0.4 is 16.0 Å². The summed E-state index contributed by atoms with van der Waals surface area (Å²) in [6.45, 7) is 1.47. The van der Waals surface area contributed by atoms with Gasteiger partial charge in [0, 0.05) is 13.1 Å². The van der Waals surface area contributed by atoms with Crippen LogP contribution in [-0.4, -0.2) is 54.0 Å². The predicted molar refractivity (Wildman–Crippen MR) is 97.6 cm³/mol. The second kappa shape index (κ2) is 7.48. The Morgan fingerprint density at radius 2 is 2.12 bits per heavy atom. The Balaban J connectivity index is 1.47. The molecule has 4 N–H and O–H groups in total. The molecule has 7 nitrogen and oxygen atoms in total. The number of aliphatic hydroxyl groups excluding tert-OH is 1. The molecule has 4 rings (SSSR count). The lowest BCUT2D eigenvalue weighted by molar-refractivity contribution is -0.136. The fourth-order valence-corrected chi connectivity index (χ4v) is 4.28. The van der Waals surface area contributed by atoms with E-state index in [1.165, 1.54) is 31.3 Å². The number of nitrogens with zero attached hydrogens (tertiary/aromatic N) is 1. The molecule has 0 aromatic carbocycles. The first-order valence-electron chi connectivity index (χ1n) is 9.90. The quantitative estimate of drug-likeness (QED) is 0.540. The molecule has 0 aromatic heterocycles. The standard InChI is InChI=1S/C19H28N4O3/c24-16-15(18(25)21-9-11-4-3-5-11)22-17(23-19(16)26)14-8-12-6-1-2-7-13(12)10-20-14/h8,11,13-16,20,24H,1-7,9-10H2,(H,21,25)(H,22,23,26). The summed E-state index contributed by atoms with van der Waals surface area (Å²) in [4.78, 5) is 29.1. The number of nitrogens with one attached hydrogen (secondary N) is 3. The molecule has 142 valence electrons. The summed E-state index contributed by atoms with van der Waals surface area (Å²) >= 11 is 0. The number of fused-ring (bicyclic) bond motifs is 1. The highest BCUT2D eigenvalue weighted by molar-refractivity contribution is 6.08. The molecule has 2 fully saturated rings. The van der Waals surface area contributed by atoms with Gasteiger partial charge in [-0.3, -0.25) is 14.6 Å². The van der Waals surface area contributed by atoms with Crippen molar-refractivity contribution in [2.75, 3.05) is 13.1 Å². The maximum Gasteiger partial charge on any atom is 0.256 e. The Morgan fingerprint density at radius 3 is 2.88 bits per heavy atom. The molecule has 4 atom stereocenters. The summed E-state index contributed by atoms with van der Waals surface area (Å²) in [5.74, 6) is 0.623. The van der Waals surface area contributed by atoms with Gasteiger partial charge in [-0.15, -0.1) is 0 Å². The maximum absolute atomic E-state index is 12.5. The Morgan fingerprint density at radius 1 is 1.27 bits per heavy atom. The first-order chi connectivity index (χ1) is 12.6. The van der Waals surface area contributed by atoms with Crippen molar-refractivity contribution in [3.63, 3.8) is 0 Å². The first kappa shape index (κ1) is 17.7. The third-order valence-electron chi connectivity index (χ3n) is 6.21. The van der Waals surface area contributed by atoms with Crippen molar-refractivity contribution in [1.29, 1.82) is 0 Å². The second-order valence-corrected chi connectivity index (χ2v) is 8.01. The summed E-state index contributed by atoms with van der Waals surface area (Å²) in [6.07, 6.45) is 8.95. The number of rotatable bonds is 4. The SMILES string of the molecule is O=C1NC(C2C=C3CCCCC3CN2)=NC(C(=O)NCC2CCC2)C1O. The predicted octanol–water partition coefficient (Wildman–Crippen LogP) is 0.249. The first-order valence-corrected chi connectivity index (χ1v) is 9.90. The molecule has 2 heterocycles. The van der Waals surface area contributed by atoms with Crippen LogP contribution in [0.4, 0.5) is 0 Å². The fraction of sp³-hybridized carbons (Fsp3) is 0.737. The zero-order valence-electron chi connectivity index (χ0n) is 15.0. The smallest absolute Gasteiger partial charge is 0.256 e. The third-order valence-corrected chi connectivity index (χ3v) is 6.21. The maximum atomic E-state index is 12.5. The minimum absolute atomic E-state index is 0.197. The van der Waals surface area contributed by atoms with Gasteiger partial charge in [0.05, 0.1) is 6.04 Å². The minimum atomic E-state index is -1.43. The van der Waals surface area contributed by atoms with E-state index in [0.29, 0.717) is 24.2 Å². The van der Waals surface area contributed by atoms with Crippen molar-refractivity contribution in [2.45, 2.75) is 63.1 Å². The number of carbonyl (C=O) groups excluding carboxylic acids is 2. The molecule has 0 bridgehead atoms. The van der Waals surface area contributed by atoms with E-state index in [1.54, 1.807) is 0 Å². The number of hydrogen-bond donors (Lipinski definition) is 4. The van der Waals surface area contributed by atoms with Gasteiger partial charge < -0.3 is 21.1 Å². The highest BCUT2D eigenvalue weighted by atomic mass is 16.3. The van der Waals surface area contributed by atoms with E-state index in [-0.39, 0.29) is 11.9 Å². The van der Waals surface area contributed by atoms with Gasteiger partial charge in [0.2, 0.25) is 5.91 Å². The molecule has 0 spiro atoms. The van der Waals surface area contributed by atoms with Gasteiger partial charge >= 0.3 is 0 Å². The average Bonchev–Trinajstić information content (AvgIpc) is 2.62. The molecular weight excluding hydrogens is 332 g/mol. The molecule has 2 saturated carbocycles. The highest BCUT2D eigenvalue weighted by Crippen LogP contribution is 2.31. The monoisotopic (exact) mass is 360 g/mol. The molecule has 0 saturated heterocycles. The van der Waals surface area contributed by atoms with Crippen LogP contribution in [0.1, 0.15) is 44.9 Å². The highest BCUT2D eigenvalue weighted by Gasteiger charge is 2.39. The van der Waals surface area contributed by atoms with Crippen LogP contribution in [0.5, 0.6) is 0 Å². The van der Waals surface area contributed by atoms with Crippen LogP contribution in [-0.2, 0) is 9.59 Å². The zero-order valence-corrected chi connectivity index (χ0v) is 15.0. The Hall–Kier alpha value is -1.73. The van der Waals surface area contributed by atoms with E-state index in [9.17, 15) is 14.7 Å². The van der Waals surface area contributed by atoms with E-state index in [1.807, 2.05) is 0 Å². The van der Waals surface area contributed by atoms with Gasteiger partial charge in [-0.25, -0.2) is 0 Å².